The van der Waals surface area contributed by atoms with Gasteiger partial charge in [-0.3, -0.25) is 18.9 Å². The molecule has 8 nitrogen and oxygen atoms in total. The quantitative estimate of drug-likeness (QED) is 0.357. The summed E-state index contributed by atoms with van der Waals surface area (Å²) < 4.78 is 16.9. The minimum Gasteiger partial charge on any atom is -1.00 e. The maximum Gasteiger partial charge on any atom is 1.00 e. The van der Waals surface area contributed by atoms with E-state index in [0.717, 1.165) is 5.57 Å². The number of carbonyl (C=O) groups is 3. The molecule has 0 radical (unpaired) electrons. The Balaban J connectivity index is 0.00000181. The van der Waals surface area contributed by atoms with Crippen molar-refractivity contribution in [3.63, 3.8) is 0 Å². The summed E-state index contributed by atoms with van der Waals surface area (Å²) in [7, 11) is -5.05. The van der Waals surface area contributed by atoms with Gasteiger partial charge in [-0.25, -0.2) is 4.57 Å². The molecular weight excluding hydrogens is 434 g/mol. The van der Waals surface area contributed by atoms with Gasteiger partial charge >= 0.3 is 37.4 Å². The van der Waals surface area contributed by atoms with Gasteiger partial charge in [-0.1, -0.05) is 25.5 Å². The van der Waals surface area contributed by atoms with Gasteiger partial charge in [0.1, 0.15) is 18.0 Å². The van der Waals surface area contributed by atoms with Gasteiger partial charge in [0.05, 0.1) is 0 Å². The number of fused-ring (bicyclic) bond motifs is 5. The molecule has 3 N–H and O–H groups in total. The molecule has 166 valence electrons. The van der Waals surface area contributed by atoms with Crippen molar-refractivity contribution < 1.29 is 69.3 Å². The van der Waals surface area contributed by atoms with Crippen molar-refractivity contribution in [2.45, 2.75) is 51.6 Å². The van der Waals surface area contributed by atoms with E-state index in [1.165, 1.54) is 6.08 Å². The van der Waals surface area contributed by atoms with E-state index in [-0.39, 0.29) is 73.1 Å². The van der Waals surface area contributed by atoms with Gasteiger partial charge in [-0.2, -0.15) is 0 Å². The number of ketones is 3. The number of rotatable bonds is 4. The van der Waals surface area contributed by atoms with Crippen LogP contribution in [-0.2, 0) is 23.5 Å². The molecule has 6 atom stereocenters. The second-order valence-corrected chi connectivity index (χ2v) is 10.7. The average Bonchev–Trinajstić information content (AvgIpc) is 2.92. The van der Waals surface area contributed by atoms with Crippen LogP contribution in [0.15, 0.2) is 23.8 Å². The third kappa shape index (κ3) is 3.64. The van der Waals surface area contributed by atoms with Gasteiger partial charge in [-0.15, -0.1) is 0 Å². The van der Waals surface area contributed by atoms with Crippen LogP contribution in [0.5, 0.6) is 0 Å². The maximum absolute atomic E-state index is 13.5. The fraction of sp³-hybridized carbons (Fsp3) is 0.667. The molecule has 0 aliphatic heterocycles. The first-order valence-electron chi connectivity index (χ1n) is 10.3. The van der Waals surface area contributed by atoms with Crippen LogP contribution in [0, 0.1) is 28.6 Å². The Bertz CT molecular complexity index is 944. The van der Waals surface area contributed by atoms with Gasteiger partial charge in [0.25, 0.3) is 0 Å². The van der Waals surface area contributed by atoms with Crippen LogP contribution in [0.4, 0.5) is 0 Å². The molecule has 0 aromatic carbocycles. The molecule has 0 heterocycles. The van der Waals surface area contributed by atoms with Crippen molar-refractivity contribution in [2.75, 3.05) is 6.61 Å². The van der Waals surface area contributed by atoms with Crippen LogP contribution in [0.25, 0.3) is 0 Å². The van der Waals surface area contributed by atoms with Gasteiger partial charge in [0, 0.05) is 23.2 Å². The fourth-order valence-corrected chi connectivity index (χ4v) is 7.81. The number of hydrogen-bond acceptors (Lipinski definition) is 6. The van der Waals surface area contributed by atoms with Crippen molar-refractivity contribution in [1.29, 1.82) is 0 Å². The summed E-state index contributed by atoms with van der Waals surface area (Å²) in [6, 6.07) is 0. The molecule has 0 amide bonds. The smallest absolute Gasteiger partial charge is 1.00 e. The summed E-state index contributed by atoms with van der Waals surface area (Å²) in [5, 5.41) is 9.56. The van der Waals surface area contributed by atoms with E-state index in [4.69, 9.17) is 4.52 Å². The molecule has 31 heavy (non-hydrogen) atoms. The molecule has 3 saturated carbocycles. The molecular formula is C21H28NaO8P. The minimum absolute atomic E-state index is 0. The fourth-order valence-electron chi connectivity index (χ4n) is 7.01. The van der Waals surface area contributed by atoms with Crippen molar-refractivity contribution >= 4 is 25.2 Å². The maximum atomic E-state index is 13.5. The summed E-state index contributed by atoms with van der Waals surface area (Å²) in [6.07, 6.45) is 6.66. The summed E-state index contributed by atoms with van der Waals surface area (Å²) in [4.78, 5) is 57.2. The first kappa shape index (κ1) is 25.2. The van der Waals surface area contributed by atoms with Crippen molar-refractivity contribution in [1.82, 2.24) is 0 Å². The number of hydrogen-bond donors (Lipinski definition) is 3. The van der Waals surface area contributed by atoms with E-state index in [1.807, 2.05) is 13.0 Å². The monoisotopic (exact) mass is 462 g/mol. The Morgan fingerprint density at radius 2 is 1.97 bits per heavy atom. The Labute approximate surface area is 204 Å². The van der Waals surface area contributed by atoms with E-state index in [0.29, 0.717) is 19.3 Å². The predicted octanol–water partition coefficient (Wildman–Crippen LogP) is -1.00. The number of allylic oxidation sites excluding steroid dienone is 4. The van der Waals surface area contributed by atoms with Crippen LogP contribution < -0.4 is 29.6 Å². The molecule has 4 rings (SSSR count). The van der Waals surface area contributed by atoms with E-state index in [2.05, 4.69) is 0 Å². The Morgan fingerprint density at radius 3 is 2.58 bits per heavy atom. The zero-order valence-corrected chi connectivity index (χ0v) is 20.9. The first-order valence-corrected chi connectivity index (χ1v) is 11.8. The summed E-state index contributed by atoms with van der Waals surface area (Å²) >= 11 is 0. The van der Waals surface area contributed by atoms with E-state index < -0.39 is 36.6 Å². The summed E-state index contributed by atoms with van der Waals surface area (Å²) in [6.45, 7) is 2.74. The van der Waals surface area contributed by atoms with Gasteiger partial charge in [-0.05, 0) is 49.7 Å². The Hall–Kier alpha value is -0.440. The zero-order chi connectivity index (χ0) is 22.1. The number of Topliss-reactive ketones (excluding diaryl/α,β-unsaturated/α-hetero) is 2. The standard InChI is InChI=1S/C21H27O8P.Na.H/c1-19-7-5-13(23)9-12(19)3-4-14-15-6-8-21(17(25)11-22,29-30(26,27)28)20(15,2)10-16(24)18(14)19;;/h5,7,9,14-15,18,22H,3-4,6,8,10-11H2,1-2H3,(H2,26,27,28);;/q;+1;-1/t14-,15-,18+,19-,20-,21-;;/m0../s1. The second-order valence-electron chi connectivity index (χ2n) is 9.56. The van der Waals surface area contributed by atoms with Crippen LogP contribution in [0.1, 0.15) is 47.4 Å². The van der Waals surface area contributed by atoms with E-state index in [1.54, 1.807) is 13.0 Å². The molecule has 3 fully saturated rings. The molecule has 0 unspecified atom stereocenters. The Kier molecular flexibility index (Phi) is 6.58. The third-order valence-electron chi connectivity index (χ3n) is 8.25. The van der Waals surface area contributed by atoms with Gasteiger partial charge in [0.2, 0.25) is 0 Å². The Morgan fingerprint density at radius 1 is 1.29 bits per heavy atom. The molecule has 10 heteroatoms. The largest absolute Gasteiger partial charge is 1.00 e. The minimum atomic E-state index is -5.05. The van der Waals surface area contributed by atoms with Gasteiger partial charge in [0.15, 0.2) is 11.6 Å². The van der Waals surface area contributed by atoms with Crippen LogP contribution >= 0.6 is 7.82 Å². The molecule has 4 aliphatic carbocycles. The van der Waals surface area contributed by atoms with Crippen molar-refractivity contribution in [3.05, 3.63) is 23.8 Å². The molecule has 0 saturated heterocycles. The van der Waals surface area contributed by atoms with Crippen molar-refractivity contribution in [2.24, 2.45) is 28.6 Å². The molecule has 0 aromatic heterocycles. The van der Waals surface area contributed by atoms with Crippen LogP contribution in [0.2, 0.25) is 0 Å². The SMILES string of the molecule is C[C@]12C=CC(=O)C=C1CC[C@@H]1[C@@H]2C(=O)C[C@@]2(C)[C@H]1CC[C@]2(OP(=O)(O)O)C(=O)CO.[H-].[Na+]. The number of carbonyl (C=O) groups excluding carboxylic acids is 3. The predicted molar refractivity (Wildman–Crippen MR) is 106 cm³/mol. The molecule has 0 bridgehead atoms. The molecule has 0 aromatic rings. The van der Waals surface area contributed by atoms with Gasteiger partial charge < -0.3 is 16.3 Å². The van der Waals surface area contributed by atoms with Crippen LogP contribution in [0.3, 0.4) is 0 Å². The first-order chi connectivity index (χ1) is 13.9. The average molecular weight is 462 g/mol. The molecule has 4 aliphatic rings. The number of phosphoric acid groups is 1. The van der Waals surface area contributed by atoms with E-state index >= 15 is 0 Å². The number of phosphoric ester groups is 1. The third-order valence-corrected chi connectivity index (χ3v) is 8.80. The summed E-state index contributed by atoms with van der Waals surface area (Å²) in [5.41, 5.74) is -2.67. The van der Waals surface area contributed by atoms with E-state index in [9.17, 15) is 33.8 Å². The molecule has 0 spiro atoms. The second kappa shape index (κ2) is 8.10. The van der Waals surface area contributed by atoms with Crippen LogP contribution in [-0.4, -0.2) is 44.5 Å². The zero-order valence-electron chi connectivity index (χ0n) is 19.0. The normalized spacial score (nSPS) is 41.6. The topological polar surface area (TPSA) is 138 Å². The number of aliphatic hydroxyl groups excluding tert-OH is 1. The summed E-state index contributed by atoms with van der Waals surface area (Å²) in [5.74, 6) is -1.63. The van der Waals surface area contributed by atoms with Crippen molar-refractivity contribution in [3.8, 4) is 0 Å². The number of aliphatic hydroxyl groups is 1.